The zero-order valence-corrected chi connectivity index (χ0v) is 14.4. The number of benzene rings is 2. The average molecular weight is 358 g/mol. The van der Waals surface area contributed by atoms with Crippen LogP contribution in [-0.4, -0.2) is 11.1 Å². The number of anilines is 1. The summed E-state index contributed by atoms with van der Waals surface area (Å²) in [4.78, 5) is 27.9. The molecule has 5 rings (SSSR count). The van der Waals surface area contributed by atoms with Crippen LogP contribution in [0.15, 0.2) is 74.4 Å². The number of para-hydroxylation sites is 1. The fraction of sp³-hybridized carbons (Fsp3) is 0.0952. The van der Waals surface area contributed by atoms with Crippen molar-refractivity contribution in [2.45, 2.75) is 13.0 Å². The molecular weight excluding hydrogens is 344 g/mol. The number of hydrogen-bond donors (Lipinski definition) is 0. The molecule has 1 amide bonds. The van der Waals surface area contributed by atoms with Gasteiger partial charge in [0.15, 0.2) is 11.2 Å². The molecule has 27 heavy (non-hydrogen) atoms. The molecule has 4 aromatic rings. The molecule has 0 saturated heterocycles. The third-order valence-electron chi connectivity index (χ3n) is 4.76. The summed E-state index contributed by atoms with van der Waals surface area (Å²) in [5, 5.41) is 4.44. The van der Waals surface area contributed by atoms with Crippen LogP contribution >= 0.6 is 0 Å². The molecule has 1 aliphatic heterocycles. The molecule has 1 aliphatic rings. The number of nitrogens with zero attached hydrogens (tertiary/aromatic N) is 2. The van der Waals surface area contributed by atoms with Crippen LogP contribution in [-0.2, 0) is 0 Å². The van der Waals surface area contributed by atoms with Gasteiger partial charge in [0.05, 0.1) is 17.0 Å². The molecule has 0 aliphatic carbocycles. The Morgan fingerprint density at radius 1 is 1.00 bits per heavy atom. The van der Waals surface area contributed by atoms with Gasteiger partial charge >= 0.3 is 0 Å². The molecular formula is C21H14N2O4. The number of carbonyl (C=O) groups excluding carboxylic acids is 1. The summed E-state index contributed by atoms with van der Waals surface area (Å²) in [6.45, 7) is 1.75. The van der Waals surface area contributed by atoms with Crippen molar-refractivity contribution in [1.29, 1.82) is 0 Å². The Morgan fingerprint density at radius 3 is 2.48 bits per heavy atom. The molecule has 1 atom stereocenters. The average Bonchev–Trinajstić information content (AvgIpc) is 3.24. The molecule has 2 aromatic heterocycles. The lowest BCUT2D eigenvalue weighted by Crippen LogP contribution is -2.29. The fourth-order valence-corrected chi connectivity index (χ4v) is 3.57. The van der Waals surface area contributed by atoms with Crippen LogP contribution in [0.25, 0.3) is 11.0 Å². The molecule has 6 heteroatoms. The van der Waals surface area contributed by atoms with Crippen LogP contribution in [0.3, 0.4) is 0 Å². The highest BCUT2D eigenvalue weighted by atomic mass is 16.5. The molecule has 0 bridgehead atoms. The second-order valence-corrected chi connectivity index (χ2v) is 6.45. The molecule has 2 aromatic carbocycles. The minimum atomic E-state index is -0.626. The van der Waals surface area contributed by atoms with E-state index in [1.165, 1.54) is 4.90 Å². The monoisotopic (exact) mass is 358 g/mol. The van der Waals surface area contributed by atoms with E-state index in [9.17, 15) is 9.59 Å². The third-order valence-corrected chi connectivity index (χ3v) is 4.76. The van der Waals surface area contributed by atoms with Gasteiger partial charge < -0.3 is 8.94 Å². The number of aryl methyl sites for hydroxylation is 1. The first-order valence-electron chi connectivity index (χ1n) is 8.52. The second-order valence-electron chi connectivity index (χ2n) is 6.45. The van der Waals surface area contributed by atoms with Crippen molar-refractivity contribution in [2.24, 2.45) is 0 Å². The van der Waals surface area contributed by atoms with Crippen LogP contribution in [0.2, 0.25) is 0 Å². The minimum Gasteiger partial charge on any atom is -0.450 e. The number of rotatable bonds is 2. The van der Waals surface area contributed by atoms with E-state index in [-0.39, 0.29) is 11.2 Å². The smallest absolute Gasteiger partial charge is 0.296 e. The highest BCUT2D eigenvalue weighted by molar-refractivity contribution is 6.10. The number of fused-ring (bicyclic) bond motifs is 2. The van der Waals surface area contributed by atoms with Gasteiger partial charge in [0.2, 0.25) is 5.76 Å². The summed E-state index contributed by atoms with van der Waals surface area (Å²) >= 11 is 0. The predicted molar refractivity (Wildman–Crippen MR) is 98.8 cm³/mol. The first-order chi connectivity index (χ1) is 13.1. The van der Waals surface area contributed by atoms with Gasteiger partial charge in [0.25, 0.3) is 5.91 Å². The van der Waals surface area contributed by atoms with E-state index in [1.54, 1.807) is 37.3 Å². The molecule has 0 fully saturated rings. The molecule has 3 heterocycles. The van der Waals surface area contributed by atoms with Crippen LogP contribution in [0.4, 0.5) is 5.82 Å². The van der Waals surface area contributed by atoms with Crippen molar-refractivity contribution in [3.8, 4) is 0 Å². The van der Waals surface area contributed by atoms with Crippen LogP contribution < -0.4 is 10.3 Å². The Labute approximate surface area is 153 Å². The maximum Gasteiger partial charge on any atom is 0.296 e. The van der Waals surface area contributed by atoms with E-state index in [0.29, 0.717) is 28.1 Å². The van der Waals surface area contributed by atoms with E-state index < -0.39 is 11.9 Å². The molecule has 0 saturated carbocycles. The summed E-state index contributed by atoms with van der Waals surface area (Å²) in [6.07, 6.45) is 0. The first kappa shape index (κ1) is 15.6. The van der Waals surface area contributed by atoms with E-state index in [1.807, 2.05) is 30.3 Å². The maximum absolute atomic E-state index is 13.2. The van der Waals surface area contributed by atoms with Crippen molar-refractivity contribution in [2.75, 3.05) is 4.90 Å². The summed E-state index contributed by atoms with van der Waals surface area (Å²) in [5.41, 5.74) is 1.30. The third kappa shape index (κ3) is 2.23. The van der Waals surface area contributed by atoms with Crippen molar-refractivity contribution in [3.05, 3.63) is 93.5 Å². The SMILES string of the molecule is Cc1cc(N2C(=O)c3oc4ccccc4c(=O)c3[C@H]2c2ccccc2)no1. The van der Waals surface area contributed by atoms with Gasteiger partial charge in [-0.2, -0.15) is 0 Å². The number of amides is 1. The van der Waals surface area contributed by atoms with Gasteiger partial charge in [-0.1, -0.05) is 47.6 Å². The Balaban J connectivity index is 1.84. The molecule has 132 valence electrons. The van der Waals surface area contributed by atoms with Crippen molar-refractivity contribution < 1.29 is 13.7 Å². The predicted octanol–water partition coefficient (Wildman–Crippen LogP) is 3.84. The van der Waals surface area contributed by atoms with Gasteiger partial charge in [0.1, 0.15) is 11.3 Å². The topological polar surface area (TPSA) is 76.6 Å². The molecule has 6 nitrogen and oxygen atoms in total. The second kappa shape index (κ2) is 5.67. The van der Waals surface area contributed by atoms with Crippen LogP contribution in [0.1, 0.15) is 33.5 Å². The zero-order chi connectivity index (χ0) is 18.5. The summed E-state index contributed by atoms with van der Waals surface area (Å²) in [7, 11) is 0. The Hall–Kier alpha value is -3.67. The largest absolute Gasteiger partial charge is 0.450 e. The van der Waals surface area contributed by atoms with Gasteiger partial charge in [-0.15, -0.1) is 0 Å². The Morgan fingerprint density at radius 2 is 1.74 bits per heavy atom. The minimum absolute atomic E-state index is 0.0493. The van der Waals surface area contributed by atoms with Crippen molar-refractivity contribution >= 4 is 22.7 Å². The number of carbonyl (C=O) groups is 1. The van der Waals surface area contributed by atoms with Crippen molar-refractivity contribution in [1.82, 2.24) is 5.16 Å². The highest BCUT2D eigenvalue weighted by Crippen LogP contribution is 2.40. The highest BCUT2D eigenvalue weighted by Gasteiger charge is 2.44. The lowest BCUT2D eigenvalue weighted by Gasteiger charge is -2.22. The normalized spacial score (nSPS) is 16.1. The summed E-state index contributed by atoms with van der Waals surface area (Å²) in [5.74, 6) is 0.564. The standard InChI is InChI=1S/C21H14N2O4/c1-12-11-16(22-27-12)23-18(13-7-3-2-4-8-13)17-19(24)14-9-5-6-10-15(14)26-20(17)21(23)25/h2-11,18H,1H3/t18-/m1/s1. The fourth-order valence-electron chi connectivity index (χ4n) is 3.57. The Kier molecular flexibility index (Phi) is 3.27. The maximum atomic E-state index is 13.2. The van der Waals surface area contributed by atoms with Crippen LogP contribution in [0.5, 0.6) is 0 Å². The lowest BCUT2D eigenvalue weighted by atomic mass is 9.98. The molecule has 0 spiro atoms. The van der Waals surface area contributed by atoms with Crippen LogP contribution in [0, 0.1) is 6.92 Å². The number of hydrogen-bond acceptors (Lipinski definition) is 5. The van der Waals surface area contributed by atoms with E-state index >= 15 is 0 Å². The quantitative estimate of drug-likeness (QED) is 0.544. The van der Waals surface area contributed by atoms with Gasteiger partial charge in [-0.25, -0.2) is 0 Å². The molecule has 0 unspecified atom stereocenters. The van der Waals surface area contributed by atoms with E-state index in [2.05, 4.69) is 5.16 Å². The van der Waals surface area contributed by atoms with Gasteiger partial charge in [-0.05, 0) is 24.6 Å². The summed E-state index contributed by atoms with van der Waals surface area (Å²) in [6, 6.07) is 17.4. The Bertz CT molecular complexity index is 1240. The van der Waals surface area contributed by atoms with E-state index in [4.69, 9.17) is 8.94 Å². The van der Waals surface area contributed by atoms with Gasteiger partial charge in [-0.3, -0.25) is 14.5 Å². The molecule has 0 radical (unpaired) electrons. The lowest BCUT2D eigenvalue weighted by molar-refractivity contribution is 0.0969. The van der Waals surface area contributed by atoms with Crippen molar-refractivity contribution in [3.63, 3.8) is 0 Å². The van der Waals surface area contributed by atoms with Gasteiger partial charge in [0, 0.05) is 6.07 Å². The first-order valence-corrected chi connectivity index (χ1v) is 8.52. The van der Waals surface area contributed by atoms with E-state index in [0.717, 1.165) is 5.56 Å². The summed E-state index contributed by atoms with van der Waals surface area (Å²) < 4.78 is 11.0. The molecule has 0 N–H and O–H groups in total. The zero-order valence-electron chi connectivity index (χ0n) is 14.4. The number of aromatic nitrogens is 1.